The van der Waals surface area contributed by atoms with Gasteiger partial charge in [0.05, 0.1) is 12.4 Å². The second-order valence-electron chi connectivity index (χ2n) is 8.56. The first kappa shape index (κ1) is 19.1. The standard InChI is InChI=1S/C24H26N4O/c1-16-13-17-9-5-8-12-21(17)28(16)23(29)20-14-26-22(15-25-20)27-19-11-7-6-10-18(19)24(2,3)4/h5-12,14-16H,13H2,1-4H3,(H,26,27). The molecule has 0 radical (unpaired) electrons. The summed E-state index contributed by atoms with van der Waals surface area (Å²) in [6, 6.07) is 16.3. The van der Waals surface area contributed by atoms with E-state index < -0.39 is 0 Å². The molecule has 0 saturated heterocycles. The zero-order chi connectivity index (χ0) is 20.6. The van der Waals surface area contributed by atoms with Crippen molar-refractivity contribution >= 4 is 23.1 Å². The van der Waals surface area contributed by atoms with Gasteiger partial charge in [0, 0.05) is 17.4 Å². The number of hydrogen-bond acceptors (Lipinski definition) is 4. The summed E-state index contributed by atoms with van der Waals surface area (Å²) in [6.45, 7) is 8.59. The molecule has 4 rings (SSSR count). The molecule has 1 unspecified atom stereocenters. The Balaban J connectivity index is 1.56. The van der Waals surface area contributed by atoms with E-state index in [1.165, 1.54) is 11.1 Å². The minimum atomic E-state index is -0.114. The number of para-hydroxylation sites is 2. The van der Waals surface area contributed by atoms with Gasteiger partial charge in [-0.3, -0.25) is 4.79 Å². The van der Waals surface area contributed by atoms with Crippen molar-refractivity contribution in [2.24, 2.45) is 0 Å². The van der Waals surface area contributed by atoms with Gasteiger partial charge in [-0.1, -0.05) is 57.2 Å². The molecule has 1 aliphatic rings. The van der Waals surface area contributed by atoms with Crippen LogP contribution in [0.15, 0.2) is 60.9 Å². The second kappa shape index (κ2) is 7.32. The molecule has 0 bridgehead atoms. The molecule has 1 amide bonds. The molecular formula is C24H26N4O. The highest BCUT2D eigenvalue weighted by Crippen LogP contribution is 2.33. The lowest BCUT2D eigenvalue weighted by Crippen LogP contribution is -2.36. The molecule has 2 aromatic carbocycles. The fraction of sp³-hybridized carbons (Fsp3) is 0.292. The summed E-state index contributed by atoms with van der Waals surface area (Å²) in [5.41, 5.74) is 4.71. The minimum absolute atomic E-state index is 0.00616. The highest BCUT2D eigenvalue weighted by molar-refractivity contribution is 6.06. The van der Waals surface area contributed by atoms with Gasteiger partial charge in [0.25, 0.3) is 5.91 Å². The fourth-order valence-electron chi connectivity index (χ4n) is 3.89. The van der Waals surface area contributed by atoms with Crippen molar-refractivity contribution in [3.8, 4) is 0 Å². The fourth-order valence-corrected chi connectivity index (χ4v) is 3.89. The molecule has 3 aromatic rings. The summed E-state index contributed by atoms with van der Waals surface area (Å²) in [6.07, 6.45) is 4.04. The predicted molar refractivity (Wildman–Crippen MR) is 117 cm³/mol. The first-order valence-electron chi connectivity index (χ1n) is 9.94. The van der Waals surface area contributed by atoms with E-state index in [1.807, 2.05) is 41.3 Å². The van der Waals surface area contributed by atoms with Gasteiger partial charge < -0.3 is 10.2 Å². The van der Waals surface area contributed by atoms with Gasteiger partial charge in [0.15, 0.2) is 0 Å². The Hall–Kier alpha value is -3.21. The van der Waals surface area contributed by atoms with Crippen LogP contribution in [0, 0.1) is 0 Å². The van der Waals surface area contributed by atoms with Crippen LogP contribution >= 0.6 is 0 Å². The van der Waals surface area contributed by atoms with Gasteiger partial charge in [0.1, 0.15) is 11.5 Å². The van der Waals surface area contributed by atoms with E-state index >= 15 is 0 Å². The van der Waals surface area contributed by atoms with E-state index in [4.69, 9.17) is 0 Å². The number of hydrogen-bond donors (Lipinski definition) is 1. The van der Waals surface area contributed by atoms with E-state index in [0.717, 1.165) is 17.8 Å². The van der Waals surface area contributed by atoms with E-state index in [1.54, 1.807) is 12.4 Å². The summed E-state index contributed by atoms with van der Waals surface area (Å²) in [4.78, 5) is 23.8. The molecule has 0 aliphatic carbocycles. The molecule has 5 nitrogen and oxygen atoms in total. The molecule has 1 N–H and O–H groups in total. The number of fused-ring (bicyclic) bond motifs is 1. The molecule has 2 heterocycles. The van der Waals surface area contributed by atoms with Crippen molar-refractivity contribution in [3.05, 3.63) is 77.7 Å². The highest BCUT2D eigenvalue weighted by Gasteiger charge is 2.32. The number of benzene rings is 2. The van der Waals surface area contributed by atoms with E-state index in [9.17, 15) is 4.79 Å². The zero-order valence-electron chi connectivity index (χ0n) is 17.3. The molecule has 5 heteroatoms. The first-order valence-corrected chi connectivity index (χ1v) is 9.94. The van der Waals surface area contributed by atoms with Gasteiger partial charge >= 0.3 is 0 Å². The number of nitrogens with zero attached hydrogens (tertiary/aromatic N) is 3. The zero-order valence-corrected chi connectivity index (χ0v) is 17.3. The summed E-state index contributed by atoms with van der Waals surface area (Å²) < 4.78 is 0. The number of nitrogens with one attached hydrogen (secondary N) is 1. The summed E-state index contributed by atoms with van der Waals surface area (Å²) in [5.74, 6) is 0.504. The maximum atomic E-state index is 13.1. The second-order valence-corrected chi connectivity index (χ2v) is 8.56. The van der Waals surface area contributed by atoms with Crippen LogP contribution in [-0.4, -0.2) is 21.9 Å². The quantitative estimate of drug-likeness (QED) is 0.680. The van der Waals surface area contributed by atoms with Crippen LogP contribution < -0.4 is 10.2 Å². The van der Waals surface area contributed by atoms with Crippen LogP contribution in [0.2, 0.25) is 0 Å². The van der Waals surface area contributed by atoms with Crippen LogP contribution in [0.4, 0.5) is 17.2 Å². The lowest BCUT2D eigenvalue weighted by Gasteiger charge is -2.23. The number of carbonyl (C=O) groups is 1. The Bertz CT molecular complexity index is 1040. The van der Waals surface area contributed by atoms with Crippen molar-refractivity contribution < 1.29 is 4.79 Å². The van der Waals surface area contributed by atoms with Gasteiger partial charge in [0.2, 0.25) is 0 Å². The van der Waals surface area contributed by atoms with Crippen LogP contribution in [0.25, 0.3) is 0 Å². The number of carbonyl (C=O) groups excluding carboxylic acids is 1. The molecule has 0 saturated carbocycles. The summed E-state index contributed by atoms with van der Waals surface area (Å²) in [5, 5.41) is 3.34. The van der Waals surface area contributed by atoms with Crippen molar-refractivity contribution in [2.75, 3.05) is 10.2 Å². The molecule has 1 aliphatic heterocycles. The monoisotopic (exact) mass is 386 g/mol. The van der Waals surface area contributed by atoms with Crippen molar-refractivity contribution in [1.29, 1.82) is 0 Å². The van der Waals surface area contributed by atoms with Gasteiger partial charge in [-0.25, -0.2) is 9.97 Å². The Morgan fingerprint density at radius 2 is 1.76 bits per heavy atom. The molecule has 1 atom stereocenters. The first-order chi connectivity index (χ1) is 13.8. The van der Waals surface area contributed by atoms with Crippen molar-refractivity contribution in [1.82, 2.24) is 9.97 Å². The predicted octanol–water partition coefficient (Wildman–Crippen LogP) is 5.11. The van der Waals surface area contributed by atoms with Gasteiger partial charge in [-0.05, 0) is 42.0 Å². The topological polar surface area (TPSA) is 58.1 Å². The van der Waals surface area contributed by atoms with E-state index in [0.29, 0.717) is 11.5 Å². The van der Waals surface area contributed by atoms with Crippen LogP contribution in [-0.2, 0) is 11.8 Å². The Labute approximate surface area is 171 Å². The number of amides is 1. The highest BCUT2D eigenvalue weighted by atomic mass is 16.2. The van der Waals surface area contributed by atoms with Crippen molar-refractivity contribution in [3.63, 3.8) is 0 Å². The van der Waals surface area contributed by atoms with Gasteiger partial charge in [-0.15, -0.1) is 0 Å². The number of aromatic nitrogens is 2. The van der Waals surface area contributed by atoms with Crippen molar-refractivity contribution in [2.45, 2.75) is 45.6 Å². The molecule has 1 aromatic heterocycles. The number of rotatable bonds is 3. The molecule has 148 valence electrons. The molecule has 0 fully saturated rings. The Morgan fingerprint density at radius 1 is 1.03 bits per heavy atom. The third kappa shape index (κ3) is 3.73. The Kier molecular flexibility index (Phi) is 4.82. The number of anilines is 3. The van der Waals surface area contributed by atoms with Crippen LogP contribution in [0.1, 0.15) is 49.3 Å². The van der Waals surface area contributed by atoms with Gasteiger partial charge in [-0.2, -0.15) is 0 Å². The molecule has 0 spiro atoms. The largest absolute Gasteiger partial charge is 0.339 e. The molecule has 29 heavy (non-hydrogen) atoms. The third-order valence-corrected chi connectivity index (χ3v) is 5.29. The maximum absolute atomic E-state index is 13.1. The van der Waals surface area contributed by atoms with Crippen LogP contribution in [0.5, 0.6) is 0 Å². The van der Waals surface area contributed by atoms with E-state index in [-0.39, 0.29) is 17.4 Å². The average molecular weight is 386 g/mol. The smallest absolute Gasteiger partial charge is 0.278 e. The Morgan fingerprint density at radius 3 is 2.48 bits per heavy atom. The lowest BCUT2D eigenvalue weighted by atomic mass is 9.86. The van der Waals surface area contributed by atoms with Crippen LogP contribution in [0.3, 0.4) is 0 Å². The summed E-state index contributed by atoms with van der Waals surface area (Å²) >= 11 is 0. The molecular weight excluding hydrogens is 360 g/mol. The summed E-state index contributed by atoms with van der Waals surface area (Å²) in [7, 11) is 0. The normalized spacial score (nSPS) is 15.9. The average Bonchev–Trinajstić information content (AvgIpc) is 3.03. The lowest BCUT2D eigenvalue weighted by molar-refractivity contribution is 0.0976. The van der Waals surface area contributed by atoms with E-state index in [2.05, 4.69) is 55.1 Å². The minimum Gasteiger partial charge on any atom is -0.339 e. The third-order valence-electron chi connectivity index (χ3n) is 5.29. The maximum Gasteiger partial charge on any atom is 0.278 e. The SMILES string of the molecule is CC1Cc2ccccc2N1C(=O)c1cnc(Nc2ccccc2C(C)(C)C)cn1.